The Balaban J connectivity index is 1.77. The van der Waals surface area contributed by atoms with Gasteiger partial charge < -0.3 is 9.47 Å². The topological polar surface area (TPSA) is 18.5 Å². The zero-order valence-electron chi connectivity index (χ0n) is 13.5. The molecular formula is C18H28O2. The zero-order valence-corrected chi connectivity index (χ0v) is 13.5. The van der Waals surface area contributed by atoms with Gasteiger partial charge in [-0.3, -0.25) is 0 Å². The summed E-state index contributed by atoms with van der Waals surface area (Å²) in [4.78, 5) is 0. The van der Waals surface area contributed by atoms with Gasteiger partial charge in [0.05, 0.1) is 12.2 Å². The van der Waals surface area contributed by atoms with E-state index < -0.39 is 5.79 Å². The average molecular weight is 276 g/mol. The highest BCUT2D eigenvalue weighted by atomic mass is 16.8. The Morgan fingerprint density at radius 1 is 1.15 bits per heavy atom. The Morgan fingerprint density at radius 3 is 2.45 bits per heavy atom. The Morgan fingerprint density at radius 2 is 1.80 bits per heavy atom. The predicted molar refractivity (Wildman–Crippen MR) is 79.1 cm³/mol. The van der Waals surface area contributed by atoms with Crippen LogP contribution >= 0.6 is 0 Å². The van der Waals surface area contributed by atoms with Crippen LogP contribution in [-0.2, 0) is 9.47 Å². The molecule has 4 rings (SSSR count). The van der Waals surface area contributed by atoms with Crippen LogP contribution in [0.5, 0.6) is 0 Å². The second-order valence-electron chi connectivity index (χ2n) is 8.58. The molecule has 20 heavy (non-hydrogen) atoms. The van der Waals surface area contributed by atoms with Gasteiger partial charge in [0, 0.05) is 11.8 Å². The van der Waals surface area contributed by atoms with Crippen LogP contribution in [0.4, 0.5) is 0 Å². The lowest BCUT2D eigenvalue weighted by Gasteiger charge is -2.45. The highest BCUT2D eigenvalue weighted by Gasteiger charge is 2.72. The van der Waals surface area contributed by atoms with E-state index >= 15 is 0 Å². The van der Waals surface area contributed by atoms with Crippen LogP contribution in [-0.4, -0.2) is 18.0 Å². The van der Waals surface area contributed by atoms with E-state index in [-0.39, 0.29) is 6.10 Å². The standard InChI is InChI=1S/C18H28O2/c1-9(2)11-7-8-18(6)10(3)12-13(11)14(18)16-15(12)19-17(4,5)20-16/h9,11-16H,3,7-8H2,1-2,4-6H3. The van der Waals surface area contributed by atoms with Crippen molar-refractivity contribution < 1.29 is 9.47 Å². The van der Waals surface area contributed by atoms with E-state index in [1.165, 1.54) is 18.4 Å². The second kappa shape index (κ2) is 3.70. The van der Waals surface area contributed by atoms with Crippen molar-refractivity contribution in [3.8, 4) is 0 Å². The molecule has 0 amide bonds. The summed E-state index contributed by atoms with van der Waals surface area (Å²) in [6, 6.07) is 0. The molecule has 3 saturated carbocycles. The van der Waals surface area contributed by atoms with E-state index in [9.17, 15) is 0 Å². The second-order valence-corrected chi connectivity index (χ2v) is 8.58. The van der Waals surface area contributed by atoms with Crippen LogP contribution in [0, 0.1) is 35.0 Å². The summed E-state index contributed by atoms with van der Waals surface area (Å²) in [5.41, 5.74) is 1.77. The molecule has 0 aromatic carbocycles. The van der Waals surface area contributed by atoms with Crippen LogP contribution < -0.4 is 0 Å². The van der Waals surface area contributed by atoms with Gasteiger partial charge in [0.15, 0.2) is 5.79 Å². The van der Waals surface area contributed by atoms with Gasteiger partial charge in [-0.05, 0) is 49.9 Å². The first kappa shape index (κ1) is 13.3. The van der Waals surface area contributed by atoms with Crippen LogP contribution in [0.3, 0.4) is 0 Å². The normalized spacial score (nSPS) is 55.6. The van der Waals surface area contributed by atoms with E-state index in [0.29, 0.717) is 23.4 Å². The summed E-state index contributed by atoms with van der Waals surface area (Å²) >= 11 is 0. The fraction of sp³-hybridized carbons (Fsp3) is 0.889. The fourth-order valence-corrected chi connectivity index (χ4v) is 6.14. The van der Waals surface area contributed by atoms with Crippen LogP contribution in [0.2, 0.25) is 0 Å². The van der Waals surface area contributed by atoms with Gasteiger partial charge >= 0.3 is 0 Å². The molecule has 4 bridgehead atoms. The van der Waals surface area contributed by atoms with Crippen molar-refractivity contribution in [2.24, 2.45) is 35.0 Å². The molecule has 4 aliphatic rings. The quantitative estimate of drug-likeness (QED) is 0.674. The monoisotopic (exact) mass is 276 g/mol. The molecule has 0 N–H and O–H groups in total. The Hall–Kier alpha value is -0.340. The van der Waals surface area contributed by atoms with Crippen molar-refractivity contribution >= 4 is 0 Å². The molecule has 1 heterocycles. The Kier molecular flexibility index (Phi) is 2.47. The summed E-state index contributed by atoms with van der Waals surface area (Å²) in [6.45, 7) is 15.8. The third kappa shape index (κ3) is 1.38. The van der Waals surface area contributed by atoms with Gasteiger partial charge in [-0.2, -0.15) is 0 Å². The van der Waals surface area contributed by atoms with E-state index in [0.717, 1.165) is 17.8 Å². The summed E-state index contributed by atoms with van der Waals surface area (Å²) in [7, 11) is 0. The molecule has 0 aromatic heterocycles. The van der Waals surface area contributed by atoms with Crippen molar-refractivity contribution in [2.75, 3.05) is 0 Å². The van der Waals surface area contributed by atoms with Crippen molar-refractivity contribution in [2.45, 2.75) is 65.5 Å². The number of ether oxygens (including phenoxy) is 2. The van der Waals surface area contributed by atoms with E-state index in [1.807, 2.05) is 0 Å². The van der Waals surface area contributed by atoms with Gasteiger partial charge in [0.2, 0.25) is 0 Å². The largest absolute Gasteiger partial charge is 0.344 e. The van der Waals surface area contributed by atoms with Gasteiger partial charge in [-0.15, -0.1) is 0 Å². The zero-order chi connectivity index (χ0) is 14.4. The molecule has 7 atom stereocenters. The van der Waals surface area contributed by atoms with E-state index in [4.69, 9.17) is 9.47 Å². The highest BCUT2D eigenvalue weighted by molar-refractivity contribution is 5.35. The molecule has 0 spiro atoms. The summed E-state index contributed by atoms with van der Waals surface area (Å²) < 4.78 is 12.6. The molecule has 1 aliphatic heterocycles. The number of hydrogen-bond acceptors (Lipinski definition) is 2. The van der Waals surface area contributed by atoms with Crippen molar-refractivity contribution in [1.29, 1.82) is 0 Å². The van der Waals surface area contributed by atoms with Gasteiger partial charge in [-0.25, -0.2) is 0 Å². The predicted octanol–water partition coefficient (Wildman–Crippen LogP) is 4.01. The van der Waals surface area contributed by atoms with Crippen molar-refractivity contribution in [3.05, 3.63) is 12.2 Å². The minimum absolute atomic E-state index is 0.264. The number of rotatable bonds is 1. The Labute approximate surface area is 122 Å². The molecule has 3 aliphatic carbocycles. The van der Waals surface area contributed by atoms with E-state index in [1.54, 1.807) is 0 Å². The summed E-state index contributed by atoms with van der Waals surface area (Å²) in [5.74, 6) is 3.08. The minimum atomic E-state index is -0.408. The third-order valence-electron chi connectivity index (χ3n) is 6.92. The Bertz CT molecular complexity index is 466. The molecule has 0 aromatic rings. The lowest BCUT2D eigenvalue weighted by molar-refractivity contribution is -0.169. The van der Waals surface area contributed by atoms with Crippen LogP contribution in [0.25, 0.3) is 0 Å². The van der Waals surface area contributed by atoms with Crippen molar-refractivity contribution in [1.82, 2.24) is 0 Å². The fourth-order valence-electron chi connectivity index (χ4n) is 6.14. The molecule has 1 saturated heterocycles. The molecule has 2 heteroatoms. The van der Waals surface area contributed by atoms with E-state index in [2.05, 4.69) is 41.2 Å². The molecule has 2 nitrogen and oxygen atoms in total. The van der Waals surface area contributed by atoms with Crippen LogP contribution in [0.1, 0.15) is 47.5 Å². The number of fused-ring (bicyclic) bond motifs is 2. The van der Waals surface area contributed by atoms with Gasteiger partial charge in [-0.1, -0.05) is 32.9 Å². The molecule has 7 unspecified atom stereocenters. The highest BCUT2D eigenvalue weighted by Crippen LogP contribution is 2.72. The maximum Gasteiger partial charge on any atom is 0.163 e. The minimum Gasteiger partial charge on any atom is -0.344 e. The molecule has 112 valence electrons. The van der Waals surface area contributed by atoms with Crippen molar-refractivity contribution in [3.63, 3.8) is 0 Å². The first-order valence-corrected chi connectivity index (χ1v) is 8.31. The SMILES string of the molecule is C=C1C2C3OC(C)(C)OC3C3C2C(C(C)C)CCC13C. The summed E-state index contributed by atoms with van der Waals surface area (Å²) in [6.07, 6.45) is 3.21. The maximum atomic E-state index is 6.32. The third-order valence-corrected chi connectivity index (χ3v) is 6.92. The van der Waals surface area contributed by atoms with Gasteiger partial charge in [0.1, 0.15) is 0 Å². The molecular weight excluding hydrogens is 248 g/mol. The lowest BCUT2D eigenvalue weighted by atomic mass is 9.61. The average Bonchev–Trinajstić information content (AvgIpc) is 2.82. The van der Waals surface area contributed by atoms with Gasteiger partial charge in [0.25, 0.3) is 0 Å². The number of hydrogen-bond donors (Lipinski definition) is 0. The first-order valence-electron chi connectivity index (χ1n) is 8.31. The molecule has 4 fully saturated rings. The first-order chi connectivity index (χ1) is 9.26. The van der Waals surface area contributed by atoms with Crippen LogP contribution in [0.15, 0.2) is 12.2 Å². The smallest absolute Gasteiger partial charge is 0.163 e. The summed E-state index contributed by atoms with van der Waals surface area (Å²) in [5, 5.41) is 0. The molecule has 0 radical (unpaired) electrons. The lowest BCUT2D eigenvalue weighted by Crippen LogP contribution is -2.44. The maximum absolute atomic E-state index is 6.32.